The summed E-state index contributed by atoms with van der Waals surface area (Å²) in [7, 11) is 1.64. The summed E-state index contributed by atoms with van der Waals surface area (Å²) >= 11 is 0. The molecular formula is C21H38N2O5. The van der Waals surface area contributed by atoms with Gasteiger partial charge >= 0.3 is 12.1 Å². The summed E-state index contributed by atoms with van der Waals surface area (Å²) in [5.74, 6) is -1.30. The van der Waals surface area contributed by atoms with E-state index >= 15 is 0 Å². The number of ether oxygens (including phenoxy) is 1. The normalized spacial score (nSPS) is 14.8. The molecule has 2 atom stereocenters. The molecule has 2 amide bonds. The molecule has 0 aromatic heterocycles. The number of carboxylic acids is 1. The Balaban J connectivity index is 5.64. The van der Waals surface area contributed by atoms with Crippen LogP contribution in [0.5, 0.6) is 0 Å². The van der Waals surface area contributed by atoms with Crippen molar-refractivity contribution >= 4 is 18.0 Å². The summed E-state index contributed by atoms with van der Waals surface area (Å²) in [5, 5.41) is 11.9. The van der Waals surface area contributed by atoms with Crippen molar-refractivity contribution in [2.24, 2.45) is 5.41 Å². The van der Waals surface area contributed by atoms with E-state index in [1.165, 1.54) is 11.8 Å². The summed E-state index contributed by atoms with van der Waals surface area (Å²) in [4.78, 5) is 38.2. The first kappa shape index (κ1) is 26.0. The molecule has 0 fully saturated rings. The zero-order chi connectivity index (χ0) is 22.3. The van der Waals surface area contributed by atoms with Crippen molar-refractivity contribution < 1.29 is 24.2 Å². The zero-order valence-electron chi connectivity index (χ0n) is 18.9. The fourth-order valence-electron chi connectivity index (χ4n) is 2.60. The van der Waals surface area contributed by atoms with Crippen LogP contribution in [-0.4, -0.2) is 52.7 Å². The van der Waals surface area contributed by atoms with E-state index in [0.29, 0.717) is 6.42 Å². The highest BCUT2D eigenvalue weighted by atomic mass is 16.6. The third-order valence-corrected chi connectivity index (χ3v) is 4.25. The second-order valence-corrected chi connectivity index (χ2v) is 9.26. The number of unbranched alkanes of at least 4 members (excludes halogenated alkanes) is 1. The molecule has 0 aliphatic rings. The highest BCUT2D eigenvalue weighted by molar-refractivity contribution is 5.88. The summed E-state index contributed by atoms with van der Waals surface area (Å²) in [6.07, 6.45) is 3.37. The summed E-state index contributed by atoms with van der Waals surface area (Å²) < 4.78 is 5.30. The van der Waals surface area contributed by atoms with Gasteiger partial charge in [-0.3, -0.25) is 4.79 Å². The molecule has 0 aromatic carbocycles. The number of hydrogen-bond acceptors (Lipinski definition) is 4. The molecule has 0 saturated heterocycles. The van der Waals surface area contributed by atoms with E-state index < -0.39 is 29.1 Å². The van der Waals surface area contributed by atoms with Gasteiger partial charge in [-0.2, -0.15) is 0 Å². The van der Waals surface area contributed by atoms with E-state index in [4.69, 9.17) is 4.74 Å². The first-order valence-corrected chi connectivity index (χ1v) is 9.78. The molecule has 0 aromatic rings. The van der Waals surface area contributed by atoms with E-state index in [9.17, 15) is 19.5 Å². The number of nitrogens with one attached hydrogen (secondary N) is 1. The van der Waals surface area contributed by atoms with E-state index in [0.717, 1.165) is 12.8 Å². The molecule has 0 aliphatic carbocycles. The van der Waals surface area contributed by atoms with Gasteiger partial charge in [0.2, 0.25) is 5.91 Å². The Labute approximate surface area is 169 Å². The molecule has 7 nitrogen and oxygen atoms in total. The largest absolute Gasteiger partial charge is 0.478 e. The van der Waals surface area contributed by atoms with Crippen LogP contribution < -0.4 is 5.32 Å². The predicted octanol–water partition coefficient (Wildman–Crippen LogP) is 3.97. The third-order valence-electron chi connectivity index (χ3n) is 4.25. The number of nitrogens with zero attached hydrogens (tertiary/aromatic N) is 1. The first-order chi connectivity index (χ1) is 12.6. The van der Waals surface area contributed by atoms with E-state index in [-0.39, 0.29) is 17.5 Å². The minimum absolute atomic E-state index is 0.188. The van der Waals surface area contributed by atoms with Crippen molar-refractivity contribution in [1.82, 2.24) is 10.2 Å². The number of aliphatic carboxylic acids is 1. The molecule has 0 bridgehead atoms. The molecule has 0 spiro atoms. The average Bonchev–Trinajstić information content (AvgIpc) is 2.52. The Kier molecular flexibility index (Phi) is 9.71. The summed E-state index contributed by atoms with van der Waals surface area (Å²) in [5.41, 5.74) is -1.04. The molecule has 2 N–H and O–H groups in total. The first-order valence-electron chi connectivity index (χ1n) is 9.78. The Morgan fingerprint density at radius 2 is 1.68 bits per heavy atom. The Morgan fingerprint density at radius 1 is 1.14 bits per heavy atom. The standard InChI is InChI=1S/C21H38N2O5/c1-10-11-12-15(13-14(2)18(25)26)23(9)17(24)16(20(3,4)5)22-19(27)28-21(6,7)8/h13,15-16H,10-12H2,1-9H3,(H,22,27)(H,25,26)/t15-,16+/m0/s1. The quantitative estimate of drug-likeness (QED) is 0.603. The molecule has 0 saturated carbocycles. The van der Waals surface area contributed by atoms with Gasteiger partial charge in [0.25, 0.3) is 0 Å². The van der Waals surface area contributed by atoms with Crippen LogP contribution in [-0.2, 0) is 14.3 Å². The summed E-state index contributed by atoms with van der Waals surface area (Å²) in [6.45, 7) is 14.4. The number of carboxylic acid groups (broad SMARTS) is 1. The van der Waals surface area contributed by atoms with Crippen molar-refractivity contribution in [2.45, 2.75) is 92.3 Å². The second kappa shape index (κ2) is 10.5. The molecular weight excluding hydrogens is 360 g/mol. The van der Waals surface area contributed by atoms with Gasteiger partial charge in [0.15, 0.2) is 0 Å². The van der Waals surface area contributed by atoms with Crippen LogP contribution in [0.2, 0.25) is 0 Å². The highest BCUT2D eigenvalue weighted by Crippen LogP contribution is 2.23. The Bertz CT molecular complexity index is 585. The molecule has 0 heterocycles. The lowest BCUT2D eigenvalue weighted by Crippen LogP contribution is -2.56. The molecule has 0 unspecified atom stereocenters. The Hall–Kier alpha value is -2.05. The van der Waals surface area contributed by atoms with Crippen LogP contribution in [0.15, 0.2) is 11.6 Å². The second-order valence-electron chi connectivity index (χ2n) is 9.26. The van der Waals surface area contributed by atoms with Gasteiger partial charge in [-0.25, -0.2) is 9.59 Å². The zero-order valence-corrected chi connectivity index (χ0v) is 18.9. The topological polar surface area (TPSA) is 95.9 Å². The predicted molar refractivity (Wildman–Crippen MR) is 110 cm³/mol. The number of amides is 2. The molecule has 162 valence electrons. The lowest BCUT2D eigenvalue weighted by Gasteiger charge is -2.36. The monoisotopic (exact) mass is 398 g/mol. The lowest BCUT2D eigenvalue weighted by atomic mass is 9.85. The molecule has 0 aliphatic heterocycles. The number of likely N-dealkylation sites (N-methyl/N-ethyl adjacent to an activating group) is 1. The van der Waals surface area contributed by atoms with E-state index in [2.05, 4.69) is 5.32 Å². The van der Waals surface area contributed by atoms with Crippen molar-refractivity contribution in [1.29, 1.82) is 0 Å². The van der Waals surface area contributed by atoms with Crippen molar-refractivity contribution in [2.75, 3.05) is 7.05 Å². The van der Waals surface area contributed by atoms with Gasteiger partial charge in [0.05, 0.1) is 6.04 Å². The van der Waals surface area contributed by atoms with Gasteiger partial charge in [0.1, 0.15) is 11.6 Å². The maximum atomic E-state index is 13.2. The SMILES string of the molecule is CCCC[C@@H](C=C(C)C(=O)O)N(C)C(=O)[C@@H](NC(=O)OC(C)(C)C)C(C)(C)C. The van der Waals surface area contributed by atoms with Crippen molar-refractivity contribution in [3.05, 3.63) is 11.6 Å². The molecule has 28 heavy (non-hydrogen) atoms. The number of carbonyl (C=O) groups is 3. The molecule has 0 rings (SSSR count). The van der Waals surface area contributed by atoms with Gasteiger partial charge < -0.3 is 20.1 Å². The number of alkyl carbamates (subject to hydrolysis) is 1. The number of carbonyl (C=O) groups excluding carboxylic acids is 2. The highest BCUT2D eigenvalue weighted by Gasteiger charge is 2.37. The van der Waals surface area contributed by atoms with Crippen LogP contribution in [0.25, 0.3) is 0 Å². The maximum Gasteiger partial charge on any atom is 0.408 e. The lowest BCUT2D eigenvalue weighted by molar-refractivity contribution is -0.136. The number of rotatable bonds is 8. The van der Waals surface area contributed by atoms with Crippen LogP contribution in [0.3, 0.4) is 0 Å². The van der Waals surface area contributed by atoms with Crippen molar-refractivity contribution in [3.8, 4) is 0 Å². The van der Waals surface area contributed by atoms with E-state index in [1.54, 1.807) is 33.9 Å². The van der Waals surface area contributed by atoms with Crippen LogP contribution in [0.1, 0.15) is 74.7 Å². The molecule has 0 radical (unpaired) electrons. The van der Waals surface area contributed by atoms with Crippen molar-refractivity contribution in [3.63, 3.8) is 0 Å². The average molecular weight is 399 g/mol. The van der Waals surface area contributed by atoms with Crippen LogP contribution in [0, 0.1) is 5.41 Å². The van der Waals surface area contributed by atoms with Crippen LogP contribution >= 0.6 is 0 Å². The fourth-order valence-corrected chi connectivity index (χ4v) is 2.60. The van der Waals surface area contributed by atoms with Crippen LogP contribution in [0.4, 0.5) is 4.79 Å². The smallest absolute Gasteiger partial charge is 0.408 e. The van der Waals surface area contributed by atoms with Gasteiger partial charge in [-0.15, -0.1) is 0 Å². The molecule has 7 heteroatoms. The maximum absolute atomic E-state index is 13.2. The number of hydrogen-bond donors (Lipinski definition) is 2. The van der Waals surface area contributed by atoms with Gasteiger partial charge in [-0.1, -0.05) is 46.6 Å². The van der Waals surface area contributed by atoms with E-state index in [1.807, 2.05) is 27.7 Å². The fraction of sp³-hybridized carbons (Fsp3) is 0.762. The van der Waals surface area contributed by atoms with Gasteiger partial charge in [0, 0.05) is 12.6 Å². The minimum atomic E-state index is -1.01. The Morgan fingerprint density at radius 3 is 2.07 bits per heavy atom. The third kappa shape index (κ3) is 9.24. The summed E-state index contributed by atoms with van der Waals surface area (Å²) in [6, 6.07) is -1.18. The van der Waals surface area contributed by atoms with Gasteiger partial charge in [-0.05, 0) is 39.5 Å². The minimum Gasteiger partial charge on any atom is -0.478 e.